The SMILES string of the molecule is CCNC(=NCc1c(CC)nn(C)c1CC)NCc1c(C)nn(C)c1C.I. The number of hydrogen-bond donors (Lipinski definition) is 2. The zero-order valence-electron chi connectivity index (χ0n) is 17.7. The van der Waals surface area contributed by atoms with Crippen molar-refractivity contribution in [3.8, 4) is 0 Å². The van der Waals surface area contributed by atoms with Crippen molar-refractivity contribution in [2.45, 2.75) is 60.5 Å². The standard InChI is InChI=1S/C19H33N7.HI/c1-8-17-16(18(9-2)26(7)24-17)12-22-19(20-10-3)21-11-15-13(4)23-25(6)14(15)5;/h8-12H2,1-7H3,(H2,20,21,22);1H. The third-order valence-electron chi connectivity index (χ3n) is 4.86. The first-order chi connectivity index (χ1) is 12.4. The van der Waals surface area contributed by atoms with Crippen molar-refractivity contribution in [3.05, 3.63) is 33.9 Å². The molecule has 2 N–H and O–H groups in total. The maximum atomic E-state index is 4.81. The molecule has 0 amide bonds. The molecular formula is C19H34IN7. The molecule has 2 aromatic rings. The normalized spacial score (nSPS) is 11.4. The summed E-state index contributed by atoms with van der Waals surface area (Å²) < 4.78 is 3.92. The molecule has 0 saturated heterocycles. The number of aryl methyl sites for hydroxylation is 4. The summed E-state index contributed by atoms with van der Waals surface area (Å²) in [6.45, 7) is 12.7. The molecule has 152 valence electrons. The van der Waals surface area contributed by atoms with Gasteiger partial charge in [-0.15, -0.1) is 24.0 Å². The average Bonchev–Trinajstić information content (AvgIpc) is 3.05. The van der Waals surface area contributed by atoms with E-state index < -0.39 is 0 Å². The molecule has 0 aliphatic carbocycles. The van der Waals surface area contributed by atoms with Crippen LogP contribution in [0.1, 0.15) is 54.7 Å². The minimum Gasteiger partial charge on any atom is -0.357 e. The third kappa shape index (κ3) is 5.46. The molecule has 0 aliphatic heterocycles. The van der Waals surface area contributed by atoms with E-state index in [1.165, 1.54) is 22.5 Å². The van der Waals surface area contributed by atoms with Gasteiger partial charge in [0.1, 0.15) is 0 Å². The van der Waals surface area contributed by atoms with E-state index in [2.05, 4.69) is 48.5 Å². The van der Waals surface area contributed by atoms with Crippen LogP contribution in [0.3, 0.4) is 0 Å². The van der Waals surface area contributed by atoms with Crippen molar-refractivity contribution in [1.82, 2.24) is 30.2 Å². The summed E-state index contributed by atoms with van der Waals surface area (Å²) in [6, 6.07) is 0. The highest BCUT2D eigenvalue weighted by atomic mass is 127. The molecule has 0 fully saturated rings. The Bertz CT molecular complexity index is 774. The number of guanidine groups is 1. The van der Waals surface area contributed by atoms with Crippen LogP contribution in [0.4, 0.5) is 0 Å². The Morgan fingerprint density at radius 2 is 1.67 bits per heavy atom. The zero-order valence-corrected chi connectivity index (χ0v) is 20.0. The van der Waals surface area contributed by atoms with E-state index in [1.54, 1.807) is 0 Å². The van der Waals surface area contributed by atoms with E-state index in [0.717, 1.165) is 36.7 Å². The number of halogens is 1. The van der Waals surface area contributed by atoms with Crippen LogP contribution in [-0.4, -0.2) is 32.1 Å². The second kappa shape index (κ2) is 10.7. The summed E-state index contributed by atoms with van der Waals surface area (Å²) in [4.78, 5) is 4.81. The molecule has 0 atom stereocenters. The maximum Gasteiger partial charge on any atom is 0.191 e. The van der Waals surface area contributed by atoms with Crippen LogP contribution in [0.2, 0.25) is 0 Å². The van der Waals surface area contributed by atoms with E-state index in [9.17, 15) is 0 Å². The summed E-state index contributed by atoms with van der Waals surface area (Å²) in [7, 11) is 3.99. The van der Waals surface area contributed by atoms with Crippen molar-refractivity contribution in [2.24, 2.45) is 19.1 Å². The average molecular weight is 487 g/mol. The first-order valence-electron chi connectivity index (χ1n) is 9.47. The fourth-order valence-corrected chi connectivity index (χ4v) is 3.32. The van der Waals surface area contributed by atoms with Crippen LogP contribution in [-0.2, 0) is 40.0 Å². The smallest absolute Gasteiger partial charge is 0.191 e. The number of nitrogens with one attached hydrogen (secondary N) is 2. The van der Waals surface area contributed by atoms with Gasteiger partial charge in [0.05, 0.1) is 17.9 Å². The summed E-state index contributed by atoms with van der Waals surface area (Å²) in [6.07, 6.45) is 1.89. The van der Waals surface area contributed by atoms with Gasteiger partial charge in [-0.05, 0) is 33.6 Å². The summed E-state index contributed by atoms with van der Waals surface area (Å²) in [5.74, 6) is 0.822. The molecule has 7 nitrogen and oxygen atoms in total. The molecule has 2 rings (SSSR count). The topological polar surface area (TPSA) is 72.1 Å². The predicted molar refractivity (Wildman–Crippen MR) is 122 cm³/mol. The highest BCUT2D eigenvalue weighted by molar-refractivity contribution is 14.0. The molecule has 0 spiro atoms. The summed E-state index contributed by atoms with van der Waals surface area (Å²) in [5, 5.41) is 15.9. The van der Waals surface area contributed by atoms with Gasteiger partial charge >= 0.3 is 0 Å². The Morgan fingerprint density at radius 1 is 0.963 bits per heavy atom. The lowest BCUT2D eigenvalue weighted by Crippen LogP contribution is -2.37. The Balaban J connectivity index is 0.00000364. The Morgan fingerprint density at radius 3 is 2.19 bits per heavy atom. The maximum absolute atomic E-state index is 4.81. The lowest BCUT2D eigenvalue weighted by molar-refractivity contribution is 0.703. The first-order valence-corrected chi connectivity index (χ1v) is 9.47. The number of aromatic nitrogens is 4. The van der Waals surface area contributed by atoms with Gasteiger partial charge in [-0.25, -0.2) is 4.99 Å². The second-order valence-electron chi connectivity index (χ2n) is 6.52. The van der Waals surface area contributed by atoms with E-state index in [0.29, 0.717) is 13.1 Å². The van der Waals surface area contributed by atoms with Crippen molar-refractivity contribution < 1.29 is 0 Å². The fourth-order valence-electron chi connectivity index (χ4n) is 3.32. The molecule has 0 unspecified atom stereocenters. The highest BCUT2D eigenvalue weighted by Crippen LogP contribution is 2.16. The van der Waals surface area contributed by atoms with Crippen molar-refractivity contribution in [3.63, 3.8) is 0 Å². The number of nitrogens with zero attached hydrogens (tertiary/aromatic N) is 5. The minimum absolute atomic E-state index is 0. The molecule has 2 aromatic heterocycles. The van der Waals surface area contributed by atoms with E-state index >= 15 is 0 Å². The van der Waals surface area contributed by atoms with Gasteiger partial charge in [0.25, 0.3) is 0 Å². The third-order valence-corrected chi connectivity index (χ3v) is 4.86. The van der Waals surface area contributed by atoms with Gasteiger partial charge < -0.3 is 10.6 Å². The summed E-state index contributed by atoms with van der Waals surface area (Å²) in [5.41, 5.74) is 7.12. The Labute approximate surface area is 180 Å². The van der Waals surface area contributed by atoms with E-state index in [1.807, 2.05) is 30.4 Å². The fraction of sp³-hybridized carbons (Fsp3) is 0.632. The Hall–Kier alpha value is -1.58. The van der Waals surface area contributed by atoms with Gasteiger partial charge in [0.2, 0.25) is 0 Å². The predicted octanol–water partition coefficient (Wildman–Crippen LogP) is 2.77. The van der Waals surface area contributed by atoms with Gasteiger partial charge in [-0.3, -0.25) is 9.36 Å². The lowest BCUT2D eigenvalue weighted by atomic mass is 10.1. The number of hydrogen-bond acceptors (Lipinski definition) is 3. The van der Waals surface area contributed by atoms with Crippen molar-refractivity contribution >= 4 is 29.9 Å². The van der Waals surface area contributed by atoms with Gasteiger partial charge in [-0.1, -0.05) is 13.8 Å². The molecule has 0 saturated carbocycles. The van der Waals surface area contributed by atoms with Gasteiger partial charge in [-0.2, -0.15) is 10.2 Å². The zero-order chi connectivity index (χ0) is 19.3. The molecule has 0 aromatic carbocycles. The van der Waals surface area contributed by atoms with E-state index in [-0.39, 0.29) is 24.0 Å². The van der Waals surface area contributed by atoms with Crippen molar-refractivity contribution in [1.29, 1.82) is 0 Å². The van der Waals surface area contributed by atoms with Crippen molar-refractivity contribution in [2.75, 3.05) is 6.54 Å². The van der Waals surface area contributed by atoms with Crippen LogP contribution in [0, 0.1) is 13.8 Å². The van der Waals surface area contributed by atoms with Crippen LogP contribution < -0.4 is 10.6 Å². The quantitative estimate of drug-likeness (QED) is 0.358. The summed E-state index contributed by atoms with van der Waals surface area (Å²) >= 11 is 0. The molecule has 0 aliphatic rings. The monoisotopic (exact) mass is 487 g/mol. The first kappa shape index (κ1) is 23.5. The molecule has 8 heteroatoms. The number of rotatable bonds is 7. The van der Waals surface area contributed by atoms with Gasteiger partial charge in [0, 0.05) is 49.7 Å². The minimum atomic E-state index is 0. The highest BCUT2D eigenvalue weighted by Gasteiger charge is 2.14. The molecule has 0 bridgehead atoms. The van der Waals surface area contributed by atoms with Gasteiger partial charge in [0.15, 0.2) is 5.96 Å². The molecule has 27 heavy (non-hydrogen) atoms. The van der Waals surface area contributed by atoms with Crippen LogP contribution in [0.5, 0.6) is 0 Å². The molecular weight excluding hydrogens is 453 g/mol. The second-order valence-corrected chi connectivity index (χ2v) is 6.52. The molecule has 0 radical (unpaired) electrons. The van der Waals surface area contributed by atoms with E-state index in [4.69, 9.17) is 4.99 Å². The largest absolute Gasteiger partial charge is 0.357 e. The van der Waals surface area contributed by atoms with Crippen LogP contribution >= 0.6 is 24.0 Å². The molecule has 2 heterocycles. The lowest BCUT2D eigenvalue weighted by Gasteiger charge is -2.12. The van der Waals surface area contributed by atoms with Crippen LogP contribution in [0.15, 0.2) is 4.99 Å². The number of aliphatic imine (C=N–C) groups is 1. The Kier molecular flexibility index (Phi) is 9.28. The van der Waals surface area contributed by atoms with Crippen LogP contribution in [0.25, 0.3) is 0 Å².